The Balaban J connectivity index is 2.92. The van der Waals surface area contributed by atoms with Gasteiger partial charge in [-0.3, -0.25) is 4.79 Å². The molecule has 0 aliphatic rings. The van der Waals surface area contributed by atoms with Gasteiger partial charge in [-0.25, -0.2) is 9.18 Å². The van der Waals surface area contributed by atoms with E-state index in [2.05, 4.69) is 5.32 Å². The highest BCUT2D eigenvalue weighted by atomic mass is 35.5. The quantitative estimate of drug-likeness (QED) is 0.900. The van der Waals surface area contributed by atoms with Gasteiger partial charge in [-0.2, -0.15) is 0 Å². The van der Waals surface area contributed by atoms with Crippen molar-refractivity contribution in [1.82, 2.24) is 5.32 Å². The number of hydrogen-bond acceptors (Lipinski definition) is 3. The van der Waals surface area contributed by atoms with Crippen LogP contribution in [0.25, 0.3) is 0 Å². The Hall–Kier alpha value is -1.82. The molecule has 0 heterocycles. The molecule has 0 saturated heterocycles. The van der Waals surface area contributed by atoms with E-state index in [4.69, 9.17) is 22.1 Å². The number of carbonyl (C=O) groups is 2. The maximum atomic E-state index is 13.4. The van der Waals surface area contributed by atoms with Crippen LogP contribution in [-0.2, 0) is 9.53 Å². The molecule has 0 aromatic heterocycles. The minimum atomic E-state index is -1.20. The van der Waals surface area contributed by atoms with Gasteiger partial charge in [0.15, 0.2) is 0 Å². The van der Waals surface area contributed by atoms with Gasteiger partial charge in [-0.05, 0) is 38.5 Å². The van der Waals surface area contributed by atoms with E-state index in [-0.39, 0.29) is 10.6 Å². The molecule has 0 saturated carbocycles. The van der Waals surface area contributed by atoms with Gasteiger partial charge in [0.05, 0.1) is 5.02 Å². The Bertz CT molecular complexity index is 529. The fourth-order valence-electron chi connectivity index (χ4n) is 1.44. The highest BCUT2D eigenvalue weighted by Crippen LogP contribution is 2.20. The Morgan fingerprint density at radius 3 is 2.45 bits per heavy atom. The lowest BCUT2D eigenvalue weighted by atomic mass is 10.1. The van der Waals surface area contributed by atoms with Gasteiger partial charge in [-0.15, -0.1) is 0 Å². The molecule has 3 N–H and O–H groups in total. The molecule has 1 aromatic rings. The number of hydrogen-bond donors (Lipinski definition) is 2. The fourth-order valence-corrected chi connectivity index (χ4v) is 1.55. The van der Waals surface area contributed by atoms with E-state index in [9.17, 15) is 14.0 Å². The van der Waals surface area contributed by atoms with Gasteiger partial charge < -0.3 is 15.8 Å². The maximum Gasteiger partial charge on any atom is 0.408 e. The maximum absolute atomic E-state index is 13.4. The van der Waals surface area contributed by atoms with Crippen molar-refractivity contribution in [2.45, 2.75) is 32.4 Å². The summed E-state index contributed by atoms with van der Waals surface area (Å²) in [5, 5.41) is 2.20. The van der Waals surface area contributed by atoms with Gasteiger partial charge in [0, 0.05) is 0 Å². The van der Waals surface area contributed by atoms with Crippen molar-refractivity contribution in [3.8, 4) is 0 Å². The summed E-state index contributed by atoms with van der Waals surface area (Å²) >= 11 is 5.55. The van der Waals surface area contributed by atoms with Crippen LogP contribution in [0.15, 0.2) is 18.2 Å². The first-order valence-corrected chi connectivity index (χ1v) is 6.22. The van der Waals surface area contributed by atoms with Crippen LogP contribution in [0.5, 0.6) is 0 Å². The molecule has 2 amide bonds. The number of carbonyl (C=O) groups excluding carboxylic acids is 2. The average Bonchev–Trinajstić information content (AvgIpc) is 2.27. The Labute approximate surface area is 121 Å². The Kier molecular flexibility index (Phi) is 4.94. The SMILES string of the molecule is CC(C)(C)OC(=O)N[C@H](C(N)=O)c1ccc(Cl)c(F)c1. The van der Waals surface area contributed by atoms with Crippen LogP contribution >= 0.6 is 11.6 Å². The summed E-state index contributed by atoms with van der Waals surface area (Å²) in [6.45, 7) is 5.02. The van der Waals surface area contributed by atoms with Crippen molar-refractivity contribution in [1.29, 1.82) is 0 Å². The van der Waals surface area contributed by atoms with Crippen molar-refractivity contribution in [2.75, 3.05) is 0 Å². The number of amides is 2. The van der Waals surface area contributed by atoms with Crippen molar-refractivity contribution in [3.63, 3.8) is 0 Å². The second-order valence-electron chi connectivity index (χ2n) is 5.16. The van der Waals surface area contributed by atoms with Gasteiger partial charge in [0.2, 0.25) is 5.91 Å². The molecule has 110 valence electrons. The number of halogens is 2. The predicted octanol–water partition coefficient (Wildman–Crippen LogP) is 2.53. The molecule has 0 unspecified atom stereocenters. The third kappa shape index (κ3) is 4.70. The topological polar surface area (TPSA) is 81.4 Å². The largest absolute Gasteiger partial charge is 0.444 e. The zero-order valence-electron chi connectivity index (χ0n) is 11.4. The third-order valence-electron chi connectivity index (χ3n) is 2.22. The molecule has 0 aliphatic heterocycles. The highest BCUT2D eigenvalue weighted by molar-refractivity contribution is 6.30. The van der Waals surface area contributed by atoms with Gasteiger partial charge >= 0.3 is 6.09 Å². The molecule has 1 rings (SSSR count). The smallest absolute Gasteiger partial charge is 0.408 e. The summed E-state index contributed by atoms with van der Waals surface area (Å²) < 4.78 is 18.4. The molecular formula is C13H16ClFN2O3. The van der Waals surface area contributed by atoms with Crippen molar-refractivity contribution in [3.05, 3.63) is 34.6 Å². The summed E-state index contributed by atoms with van der Waals surface area (Å²) in [4.78, 5) is 23.0. The third-order valence-corrected chi connectivity index (χ3v) is 2.53. The van der Waals surface area contributed by atoms with Crippen molar-refractivity contribution < 1.29 is 18.7 Å². The molecule has 20 heavy (non-hydrogen) atoms. The van der Waals surface area contributed by atoms with Gasteiger partial charge in [0.25, 0.3) is 0 Å². The molecule has 0 bridgehead atoms. The van der Waals surface area contributed by atoms with Crippen molar-refractivity contribution in [2.24, 2.45) is 5.73 Å². The van der Waals surface area contributed by atoms with Crippen LogP contribution in [0.2, 0.25) is 5.02 Å². The van der Waals surface area contributed by atoms with E-state index < -0.39 is 29.5 Å². The minimum absolute atomic E-state index is 0.0887. The first-order valence-electron chi connectivity index (χ1n) is 5.84. The fraction of sp³-hybridized carbons (Fsp3) is 0.385. The normalized spacial score (nSPS) is 12.7. The summed E-state index contributed by atoms with van der Waals surface area (Å²) in [6.07, 6.45) is -0.823. The Morgan fingerprint density at radius 1 is 1.40 bits per heavy atom. The standard InChI is InChI=1S/C13H16ClFN2O3/c1-13(2,3)20-12(19)17-10(11(16)18)7-4-5-8(14)9(15)6-7/h4-6,10H,1-3H3,(H2,16,18)(H,17,19)/t10-/m0/s1. The molecule has 0 fully saturated rings. The lowest BCUT2D eigenvalue weighted by Gasteiger charge is -2.22. The van der Waals surface area contributed by atoms with E-state index >= 15 is 0 Å². The van der Waals surface area contributed by atoms with Crippen LogP contribution < -0.4 is 11.1 Å². The molecule has 0 radical (unpaired) electrons. The van der Waals surface area contributed by atoms with Crippen LogP contribution in [0, 0.1) is 5.82 Å². The molecule has 1 aromatic carbocycles. The van der Waals surface area contributed by atoms with E-state index in [1.54, 1.807) is 20.8 Å². The molecular weight excluding hydrogens is 287 g/mol. The van der Waals surface area contributed by atoms with Crippen molar-refractivity contribution >= 4 is 23.6 Å². The molecule has 5 nitrogen and oxygen atoms in total. The molecule has 0 spiro atoms. The zero-order chi connectivity index (χ0) is 15.5. The second kappa shape index (κ2) is 6.09. The highest BCUT2D eigenvalue weighted by Gasteiger charge is 2.24. The summed E-state index contributed by atoms with van der Waals surface area (Å²) in [6, 6.07) is 2.52. The molecule has 0 aliphatic carbocycles. The molecule has 7 heteroatoms. The first-order chi connectivity index (χ1) is 9.10. The van der Waals surface area contributed by atoms with E-state index in [1.807, 2.05) is 0 Å². The number of nitrogens with two attached hydrogens (primary N) is 1. The number of alkyl carbamates (subject to hydrolysis) is 1. The number of benzene rings is 1. The van der Waals surface area contributed by atoms with E-state index in [1.165, 1.54) is 12.1 Å². The summed E-state index contributed by atoms with van der Waals surface area (Å²) in [5.41, 5.74) is 4.67. The number of nitrogens with one attached hydrogen (secondary N) is 1. The monoisotopic (exact) mass is 302 g/mol. The predicted molar refractivity (Wildman–Crippen MR) is 72.7 cm³/mol. The van der Waals surface area contributed by atoms with Crippen LogP contribution in [0.4, 0.5) is 9.18 Å². The second-order valence-corrected chi connectivity index (χ2v) is 5.56. The van der Waals surface area contributed by atoms with Crippen LogP contribution in [0.3, 0.4) is 0 Å². The van der Waals surface area contributed by atoms with Gasteiger partial charge in [-0.1, -0.05) is 17.7 Å². The lowest BCUT2D eigenvalue weighted by Crippen LogP contribution is -2.40. The van der Waals surface area contributed by atoms with Gasteiger partial charge in [0.1, 0.15) is 17.5 Å². The zero-order valence-corrected chi connectivity index (χ0v) is 12.1. The Morgan fingerprint density at radius 2 is 2.00 bits per heavy atom. The van der Waals surface area contributed by atoms with Crippen LogP contribution in [0.1, 0.15) is 32.4 Å². The van der Waals surface area contributed by atoms with Crippen LogP contribution in [-0.4, -0.2) is 17.6 Å². The first kappa shape index (κ1) is 16.2. The summed E-state index contributed by atoms with van der Waals surface area (Å²) in [7, 11) is 0. The number of rotatable bonds is 3. The lowest BCUT2D eigenvalue weighted by molar-refractivity contribution is -0.120. The number of ether oxygens (including phenoxy) is 1. The van der Waals surface area contributed by atoms with E-state index in [0.717, 1.165) is 6.07 Å². The molecule has 1 atom stereocenters. The van der Waals surface area contributed by atoms with E-state index in [0.29, 0.717) is 0 Å². The number of primary amides is 1. The summed E-state index contributed by atoms with van der Waals surface area (Å²) in [5.74, 6) is -1.54. The minimum Gasteiger partial charge on any atom is -0.444 e. The average molecular weight is 303 g/mol.